The minimum atomic E-state index is -0.0423. The summed E-state index contributed by atoms with van der Waals surface area (Å²) in [5, 5.41) is 3.02. The molecule has 0 fully saturated rings. The fourth-order valence-corrected chi connectivity index (χ4v) is 1.49. The molecule has 0 amide bonds. The Morgan fingerprint density at radius 1 is 1.27 bits per heavy atom. The van der Waals surface area contributed by atoms with Crippen LogP contribution in [-0.2, 0) is 6.54 Å². The fraction of sp³-hybridized carbons (Fsp3) is 0.182. The van der Waals surface area contributed by atoms with Crippen molar-refractivity contribution in [2.24, 2.45) is 5.73 Å². The van der Waals surface area contributed by atoms with Crippen molar-refractivity contribution in [3.05, 3.63) is 46.8 Å². The highest BCUT2D eigenvalue weighted by Crippen LogP contribution is 2.13. The van der Waals surface area contributed by atoms with Crippen LogP contribution in [0.1, 0.15) is 0 Å². The van der Waals surface area contributed by atoms with Crippen molar-refractivity contribution in [3.63, 3.8) is 0 Å². The first kappa shape index (κ1) is 9.73. The number of nitrogens with one attached hydrogen (secondary N) is 1. The van der Waals surface area contributed by atoms with Gasteiger partial charge in [0.25, 0.3) is 5.56 Å². The highest BCUT2D eigenvalue weighted by atomic mass is 16.1. The molecule has 4 heteroatoms. The van der Waals surface area contributed by atoms with Gasteiger partial charge in [-0.25, -0.2) is 0 Å². The Morgan fingerprint density at radius 3 is 2.67 bits per heavy atom. The largest absolute Gasteiger partial charge is 0.329 e. The number of hydrogen-bond acceptors (Lipinski definition) is 2. The van der Waals surface area contributed by atoms with E-state index >= 15 is 0 Å². The normalized spacial score (nSPS) is 10.5. The van der Waals surface area contributed by atoms with Gasteiger partial charge in [0.2, 0.25) is 0 Å². The topological polar surface area (TPSA) is 63.8 Å². The minimum Gasteiger partial charge on any atom is -0.329 e. The smallest absolute Gasteiger partial charge is 0.267 e. The molecular weight excluding hydrogens is 190 g/mol. The molecule has 0 aliphatic rings. The Labute approximate surface area is 87.3 Å². The van der Waals surface area contributed by atoms with Crippen LogP contribution < -0.4 is 11.3 Å². The number of hydrogen-bond donors (Lipinski definition) is 2. The van der Waals surface area contributed by atoms with Gasteiger partial charge in [-0.1, -0.05) is 30.3 Å². The summed E-state index contributed by atoms with van der Waals surface area (Å²) in [5.74, 6) is 0. The number of nitrogens with zero attached hydrogens (tertiary/aromatic N) is 1. The van der Waals surface area contributed by atoms with E-state index in [9.17, 15) is 4.79 Å². The van der Waals surface area contributed by atoms with Gasteiger partial charge in [-0.2, -0.15) is 0 Å². The summed E-state index contributed by atoms with van der Waals surface area (Å²) in [5.41, 5.74) is 7.19. The Kier molecular flexibility index (Phi) is 2.69. The molecule has 0 aliphatic carbocycles. The van der Waals surface area contributed by atoms with Gasteiger partial charge in [0.05, 0.1) is 12.2 Å². The van der Waals surface area contributed by atoms with Gasteiger partial charge in [0, 0.05) is 12.6 Å². The first-order chi connectivity index (χ1) is 7.31. The van der Waals surface area contributed by atoms with E-state index in [2.05, 4.69) is 5.10 Å². The van der Waals surface area contributed by atoms with Gasteiger partial charge in [0.15, 0.2) is 0 Å². The minimum absolute atomic E-state index is 0.0423. The molecule has 0 bridgehead atoms. The van der Waals surface area contributed by atoms with Crippen LogP contribution in [0.15, 0.2) is 41.2 Å². The van der Waals surface area contributed by atoms with Gasteiger partial charge >= 0.3 is 0 Å². The lowest BCUT2D eigenvalue weighted by Gasteiger charge is -1.99. The standard InChI is InChI=1S/C11H13N3O/c12-6-7-14-11(15)8-10(13-14)9-4-2-1-3-5-9/h1-5,8,13H,6-7,12H2. The molecule has 2 aromatic rings. The number of aromatic amines is 1. The third kappa shape index (κ3) is 1.99. The monoisotopic (exact) mass is 203 g/mol. The zero-order valence-corrected chi connectivity index (χ0v) is 8.31. The van der Waals surface area contributed by atoms with Gasteiger partial charge < -0.3 is 5.73 Å². The predicted molar refractivity (Wildman–Crippen MR) is 59.5 cm³/mol. The number of rotatable bonds is 3. The predicted octanol–water partition coefficient (Wildman–Crippen LogP) is 0.802. The second-order valence-electron chi connectivity index (χ2n) is 3.31. The second-order valence-corrected chi connectivity index (χ2v) is 3.31. The molecule has 1 heterocycles. The molecule has 0 radical (unpaired) electrons. The molecule has 0 saturated carbocycles. The number of H-pyrrole nitrogens is 1. The maximum atomic E-state index is 11.5. The maximum absolute atomic E-state index is 11.5. The van der Waals surface area contributed by atoms with E-state index in [1.807, 2.05) is 30.3 Å². The Morgan fingerprint density at radius 2 is 2.00 bits per heavy atom. The highest BCUT2D eigenvalue weighted by Gasteiger charge is 2.03. The molecule has 0 aliphatic heterocycles. The van der Waals surface area contributed by atoms with Crippen molar-refractivity contribution in [2.75, 3.05) is 6.54 Å². The summed E-state index contributed by atoms with van der Waals surface area (Å²) in [6.45, 7) is 0.973. The molecule has 0 spiro atoms. The SMILES string of the molecule is NCCn1[nH]c(-c2ccccc2)cc1=O. The van der Waals surface area contributed by atoms with Gasteiger partial charge in [0.1, 0.15) is 0 Å². The molecule has 15 heavy (non-hydrogen) atoms. The molecule has 1 aromatic carbocycles. The first-order valence-electron chi connectivity index (χ1n) is 4.86. The van der Waals surface area contributed by atoms with E-state index in [1.54, 1.807) is 6.07 Å². The van der Waals surface area contributed by atoms with Crippen LogP contribution in [0.5, 0.6) is 0 Å². The van der Waals surface area contributed by atoms with Gasteiger partial charge in [-0.15, -0.1) is 0 Å². The van der Waals surface area contributed by atoms with Gasteiger partial charge in [-0.3, -0.25) is 14.6 Å². The average molecular weight is 203 g/mol. The van der Waals surface area contributed by atoms with Crippen molar-refractivity contribution in [1.82, 2.24) is 9.78 Å². The molecule has 0 saturated heterocycles. The lowest BCUT2D eigenvalue weighted by Crippen LogP contribution is -2.20. The van der Waals surface area contributed by atoms with Crippen molar-refractivity contribution in [1.29, 1.82) is 0 Å². The molecule has 4 nitrogen and oxygen atoms in total. The molecule has 1 aromatic heterocycles. The van der Waals surface area contributed by atoms with Crippen molar-refractivity contribution in [3.8, 4) is 11.3 Å². The van der Waals surface area contributed by atoms with Crippen molar-refractivity contribution >= 4 is 0 Å². The third-order valence-electron chi connectivity index (χ3n) is 2.23. The van der Waals surface area contributed by atoms with E-state index in [0.29, 0.717) is 13.1 Å². The molecular formula is C11H13N3O. The number of aromatic nitrogens is 2. The summed E-state index contributed by atoms with van der Waals surface area (Å²) in [6, 6.07) is 11.3. The van der Waals surface area contributed by atoms with Crippen LogP contribution in [0.25, 0.3) is 11.3 Å². The van der Waals surface area contributed by atoms with E-state index < -0.39 is 0 Å². The number of nitrogens with two attached hydrogens (primary N) is 1. The Balaban J connectivity index is 2.39. The van der Waals surface area contributed by atoms with Crippen LogP contribution in [0.3, 0.4) is 0 Å². The van der Waals surface area contributed by atoms with Crippen LogP contribution in [0.4, 0.5) is 0 Å². The molecule has 3 N–H and O–H groups in total. The maximum Gasteiger partial charge on any atom is 0.267 e. The van der Waals surface area contributed by atoms with Crippen LogP contribution in [0.2, 0.25) is 0 Å². The van der Waals surface area contributed by atoms with E-state index in [-0.39, 0.29) is 5.56 Å². The molecule has 78 valence electrons. The number of benzene rings is 1. The second kappa shape index (κ2) is 4.14. The summed E-state index contributed by atoms with van der Waals surface area (Å²) in [4.78, 5) is 11.5. The van der Waals surface area contributed by atoms with Crippen LogP contribution in [-0.4, -0.2) is 16.3 Å². The first-order valence-corrected chi connectivity index (χ1v) is 4.86. The van der Waals surface area contributed by atoms with Crippen molar-refractivity contribution < 1.29 is 0 Å². The third-order valence-corrected chi connectivity index (χ3v) is 2.23. The molecule has 0 unspecified atom stereocenters. The van der Waals surface area contributed by atoms with Crippen LogP contribution in [0, 0.1) is 0 Å². The zero-order chi connectivity index (χ0) is 10.7. The van der Waals surface area contributed by atoms with Crippen molar-refractivity contribution in [2.45, 2.75) is 6.54 Å². The fourth-order valence-electron chi connectivity index (χ4n) is 1.49. The Hall–Kier alpha value is -1.81. The summed E-state index contributed by atoms with van der Waals surface area (Å²) in [6.07, 6.45) is 0. The lowest BCUT2D eigenvalue weighted by molar-refractivity contribution is 0.608. The highest BCUT2D eigenvalue weighted by molar-refractivity contribution is 5.57. The summed E-state index contributed by atoms with van der Waals surface area (Å²) in [7, 11) is 0. The lowest BCUT2D eigenvalue weighted by atomic mass is 10.2. The van der Waals surface area contributed by atoms with E-state index in [0.717, 1.165) is 11.3 Å². The summed E-state index contributed by atoms with van der Waals surface area (Å²) < 4.78 is 1.52. The quantitative estimate of drug-likeness (QED) is 0.775. The average Bonchev–Trinajstić information content (AvgIpc) is 2.63. The Bertz CT molecular complexity index is 484. The molecule has 0 atom stereocenters. The van der Waals surface area contributed by atoms with Gasteiger partial charge in [-0.05, 0) is 5.56 Å². The molecule has 2 rings (SSSR count). The summed E-state index contributed by atoms with van der Waals surface area (Å²) >= 11 is 0. The van der Waals surface area contributed by atoms with E-state index in [1.165, 1.54) is 4.68 Å². The van der Waals surface area contributed by atoms with Crippen LogP contribution >= 0.6 is 0 Å². The van der Waals surface area contributed by atoms with E-state index in [4.69, 9.17) is 5.73 Å². The zero-order valence-electron chi connectivity index (χ0n) is 8.31.